The van der Waals surface area contributed by atoms with Gasteiger partial charge < -0.3 is 4.90 Å². The van der Waals surface area contributed by atoms with E-state index in [0.29, 0.717) is 13.1 Å². The van der Waals surface area contributed by atoms with E-state index in [4.69, 9.17) is 5.26 Å². The summed E-state index contributed by atoms with van der Waals surface area (Å²) in [5.41, 5.74) is 1.13. The summed E-state index contributed by atoms with van der Waals surface area (Å²) in [4.78, 5) is 14.3. The van der Waals surface area contributed by atoms with Crippen molar-refractivity contribution in [2.45, 2.75) is 25.3 Å². The van der Waals surface area contributed by atoms with Crippen LogP contribution < -0.4 is 4.72 Å². The number of hydrogen-bond donors (Lipinski definition) is 1. The highest BCUT2D eigenvalue weighted by atomic mass is 32.2. The van der Waals surface area contributed by atoms with E-state index in [9.17, 15) is 13.2 Å². The van der Waals surface area contributed by atoms with Crippen LogP contribution in [0.2, 0.25) is 0 Å². The molecule has 27 heavy (non-hydrogen) atoms. The molecule has 1 N–H and O–H groups in total. The van der Waals surface area contributed by atoms with Crippen LogP contribution in [0.3, 0.4) is 0 Å². The zero-order valence-corrected chi connectivity index (χ0v) is 16.2. The lowest BCUT2D eigenvalue weighted by molar-refractivity contribution is 0.0752. The third-order valence-corrected chi connectivity index (χ3v) is 5.48. The zero-order valence-electron chi connectivity index (χ0n) is 15.4. The molecule has 2 aromatic rings. The summed E-state index contributed by atoms with van der Waals surface area (Å²) in [6.45, 7) is 4.47. The van der Waals surface area contributed by atoms with Crippen LogP contribution in [-0.2, 0) is 16.6 Å². The molecule has 1 atom stereocenters. The van der Waals surface area contributed by atoms with Crippen molar-refractivity contribution >= 4 is 15.9 Å². The molecule has 1 amide bonds. The maximum absolute atomic E-state index is 12.7. The van der Waals surface area contributed by atoms with Crippen LogP contribution in [0, 0.1) is 17.2 Å². The van der Waals surface area contributed by atoms with Crippen molar-refractivity contribution in [3.05, 3.63) is 65.7 Å². The van der Waals surface area contributed by atoms with Crippen molar-refractivity contribution in [1.29, 1.82) is 5.26 Å². The molecule has 0 saturated heterocycles. The van der Waals surface area contributed by atoms with Crippen molar-refractivity contribution in [2.24, 2.45) is 5.92 Å². The second-order valence-corrected chi connectivity index (χ2v) is 7.98. The molecule has 142 valence electrons. The van der Waals surface area contributed by atoms with Crippen molar-refractivity contribution < 1.29 is 13.2 Å². The number of carbonyl (C=O) groups is 1. The summed E-state index contributed by atoms with van der Waals surface area (Å²) in [5, 5.41) is 8.96. The minimum Gasteiger partial charge on any atom is -0.338 e. The highest BCUT2D eigenvalue weighted by Crippen LogP contribution is 2.15. The lowest BCUT2D eigenvalue weighted by atomic mass is 10.1. The van der Waals surface area contributed by atoms with E-state index in [0.717, 1.165) is 5.56 Å². The Morgan fingerprint density at radius 3 is 2.52 bits per heavy atom. The molecular weight excluding hydrogens is 362 g/mol. The average Bonchev–Trinajstić information content (AvgIpc) is 2.70. The highest BCUT2D eigenvalue weighted by molar-refractivity contribution is 7.89. The van der Waals surface area contributed by atoms with Gasteiger partial charge in [-0.25, -0.2) is 13.1 Å². The third kappa shape index (κ3) is 5.64. The topological polar surface area (TPSA) is 90.3 Å². The Morgan fingerprint density at radius 2 is 1.89 bits per heavy atom. The van der Waals surface area contributed by atoms with Gasteiger partial charge in [0.1, 0.15) is 0 Å². The quantitative estimate of drug-likeness (QED) is 0.756. The van der Waals surface area contributed by atoms with Gasteiger partial charge in [0.2, 0.25) is 10.0 Å². The second-order valence-electron chi connectivity index (χ2n) is 6.21. The van der Waals surface area contributed by atoms with Crippen LogP contribution in [0.5, 0.6) is 0 Å². The molecule has 0 fully saturated rings. The van der Waals surface area contributed by atoms with E-state index in [-0.39, 0.29) is 28.8 Å². The van der Waals surface area contributed by atoms with Crippen molar-refractivity contribution in [1.82, 2.24) is 9.62 Å². The fraction of sp³-hybridized carbons (Fsp3) is 0.300. The maximum Gasteiger partial charge on any atom is 0.253 e. The van der Waals surface area contributed by atoms with Crippen LogP contribution in [0.1, 0.15) is 29.8 Å². The highest BCUT2D eigenvalue weighted by Gasteiger charge is 2.20. The maximum atomic E-state index is 12.7. The largest absolute Gasteiger partial charge is 0.338 e. The van der Waals surface area contributed by atoms with Gasteiger partial charge in [-0.1, -0.05) is 36.4 Å². The summed E-state index contributed by atoms with van der Waals surface area (Å²) in [7, 11) is -3.75. The summed E-state index contributed by atoms with van der Waals surface area (Å²) < 4.78 is 27.7. The van der Waals surface area contributed by atoms with E-state index >= 15 is 0 Å². The Kier molecular flexibility index (Phi) is 7.11. The van der Waals surface area contributed by atoms with E-state index in [1.54, 1.807) is 19.1 Å². The summed E-state index contributed by atoms with van der Waals surface area (Å²) in [6, 6.07) is 17.3. The number of hydrogen-bond acceptors (Lipinski definition) is 4. The molecule has 2 rings (SSSR count). The summed E-state index contributed by atoms with van der Waals surface area (Å²) in [6.07, 6.45) is 0. The first-order valence-corrected chi connectivity index (χ1v) is 10.2. The number of benzene rings is 2. The van der Waals surface area contributed by atoms with Gasteiger partial charge in [0.05, 0.1) is 16.9 Å². The molecule has 1 unspecified atom stereocenters. The number of rotatable bonds is 8. The lowest BCUT2D eigenvalue weighted by Gasteiger charge is -2.22. The first-order chi connectivity index (χ1) is 12.9. The molecule has 0 radical (unpaired) electrons. The molecule has 6 nitrogen and oxygen atoms in total. The number of nitrogens with one attached hydrogen (secondary N) is 1. The normalized spacial score (nSPS) is 12.2. The van der Waals surface area contributed by atoms with Crippen LogP contribution in [0.4, 0.5) is 0 Å². The third-order valence-electron chi connectivity index (χ3n) is 4.08. The molecule has 0 spiro atoms. The number of nitrogens with zero attached hydrogens (tertiary/aromatic N) is 2. The summed E-state index contributed by atoms with van der Waals surface area (Å²) in [5.74, 6) is -0.590. The first kappa shape index (κ1) is 20.6. The minimum absolute atomic E-state index is 0.0358. The Hall–Kier alpha value is -2.69. The molecular formula is C20H23N3O3S. The number of carbonyl (C=O) groups excluding carboxylic acids is 1. The van der Waals surface area contributed by atoms with E-state index in [2.05, 4.69) is 10.8 Å². The van der Waals surface area contributed by atoms with Crippen LogP contribution in [-0.4, -0.2) is 32.3 Å². The van der Waals surface area contributed by atoms with Gasteiger partial charge >= 0.3 is 0 Å². The van der Waals surface area contributed by atoms with Crippen molar-refractivity contribution in [3.8, 4) is 6.07 Å². The standard InChI is InChI=1S/C20H23N3O3S/c1-3-23(15-16(2)13-21)20(24)18-10-7-11-19(12-18)27(25,26)22-14-17-8-5-4-6-9-17/h4-12,16,22H,3,14-15H2,1-2H3. The van der Waals surface area contributed by atoms with Crippen molar-refractivity contribution in [2.75, 3.05) is 13.1 Å². The van der Waals surface area contributed by atoms with Crippen LogP contribution in [0.25, 0.3) is 0 Å². The smallest absolute Gasteiger partial charge is 0.253 e. The molecule has 0 aliphatic rings. The molecule has 0 aliphatic heterocycles. The van der Waals surface area contributed by atoms with Gasteiger partial charge in [-0.15, -0.1) is 0 Å². The number of sulfonamides is 1. The monoisotopic (exact) mass is 385 g/mol. The van der Waals surface area contributed by atoms with E-state index in [1.165, 1.54) is 17.0 Å². The predicted molar refractivity (Wildman–Crippen MR) is 103 cm³/mol. The fourth-order valence-corrected chi connectivity index (χ4v) is 3.63. The van der Waals surface area contributed by atoms with E-state index in [1.807, 2.05) is 37.3 Å². The Balaban J connectivity index is 2.18. The van der Waals surface area contributed by atoms with Gasteiger partial charge in [-0.3, -0.25) is 4.79 Å². The molecule has 0 aromatic heterocycles. The Morgan fingerprint density at radius 1 is 1.19 bits per heavy atom. The molecule has 0 saturated carbocycles. The van der Waals surface area contributed by atoms with Crippen molar-refractivity contribution in [3.63, 3.8) is 0 Å². The summed E-state index contributed by atoms with van der Waals surface area (Å²) >= 11 is 0. The van der Waals surface area contributed by atoms with Crippen LogP contribution in [0.15, 0.2) is 59.5 Å². The van der Waals surface area contributed by atoms with Gasteiger partial charge in [-0.05, 0) is 37.6 Å². The Bertz CT molecular complexity index is 921. The fourth-order valence-electron chi connectivity index (χ4n) is 2.56. The van der Waals surface area contributed by atoms with Gasteiger partial charge in [0, 0.05) is 25.2 Å². The molecule has 2 aromatic carbocycles. The Labute approximate surface area is 160 Å². The molecule has 0 bridgehead atoms. The average molecular weight is 385 g/mol. The second kappa shape index (κ2) is 9.31. The molecule has 0 aliphatic carbocycles. The number of nitriles is 1. The van der Waals surface area contributed by atoms with Gasteiger partial charge in [0.15, 0.2) is 0 Å². The van der Waals surface area contributed by atoms with Gasteiger partial charge in [-0.2, -0.15) is 5.26 Å². The van der Waals surface area contributed by atoms with Crippen LogP contribution >= 0.6 is 0 Å². The minimum atomic E-state index is -3.75. The molecule has 0 heterocycles. The first-order valence-electron chi connectivity index (χ1n) is 8.70. The predicted octanol–water partition coefficient (Wildman–Crippen LogP) is 2.79. The molecule has 7 heteroatoms. The number of amides is 1. The van der Waals surface area contributed by atoms with Gasteiger partial charge in [0.25, 0.3) is 5.91 Å². The van der Waals surface area contributed by atoms with E-state index < -0.39 is 10.0 Å². The lowest BCUT2D eigenvalue weighted by Crippen LogP contribution is -2.34. The zero-order chi connectivity index (χ0) is 19.9. The SMILES string of the molecule is CCN(CC(C)C#N)C(=O)c1cccc(S(=O)(=O)NCc2ccccc2)c1.